The predicted molar refractivity (Wildman–Crippen MR) is 92.0 cm³/mol. The van der Waals surface area contributed by atoms with E-state index in [-0.39, 0.29) is 0 Å². The molecule has 0 aromatic heterocycles. The summed E-state index contributed by atoms with van der Waals surface area (Å²) in [4.78, 5) is 2.51. The van der Waals surface area contributed by atoms with Crippen LogP contribution in [0.1, 0.15) is 37.3 Å². The van der Waals surface area contributed by atoms with Gasteiger partial charge in [0.05, 0.1) is 13.2 Å². The highest BCUT2D eigenvalue weighted by molar-refractivity contribution is 9.10. The SMILES string of the molecule is CC(C)c1c(CN2CCNCC2)c(Br)cc2c1OCCCO2. The minimum Gasteiger partial charge on any atom is -0.490 e. The lowest BCUT2D eigenvalue weighted by Crippen LogP contribution is -2.43. The largest absolute Gasteiger partial charge is 0.490 e. The molecule has 0 radical (unpaired) electrons. The quantitative estimate of drug-likeness (QED) is 0.888. The van der Waals surface area contributed by atoms with Crippen LogP contribution < -0.4 is 14.8 Å². The Hall–Kier alpha value is -0.780. The average Bonchev–Trinajstić information content (AvgIpc) is 2.73. The third kappa shape index (κ3) is 3.42. The van der Waals surface area contributed by atoms with Crippen LogP contribution in [-0.4, -0.2) is 44.3 Å². The Morgan fingerprint density at radius 3 is 2.68 bits per heavy atom. The third-order valence-corrected chi connectivity index (χ3v) is 5.01. The van der Waals surface area contributed by atoms with Crippen LogP contribution >= 0.6 is 15.9 Å². The molecule has 2 aliphatic rings. The van der Waals surface area contributed by atoms with E-state index in [2.05, 4.69) is 46.1 Å². The van der Waals surface area contributed by atoms with Crippen LogP contribution in [0.2, 0.25) is 0 Å². The Morgan fingerprint density at radius 1 is 1.23 bits per heavy atom. The van der Waals surface area contributed by atoms with Gasteiger partial charge in [-0.05, 0) is 17.5 Å². The summed E-state index contributed by atoms with van der Waals surface area (Å²) in [7, 11) is 0. The van der Waals surface area contributed by atoms with Gasteiger partial charge in [-0.1, -0.05) is 29.8 Å². The van der Waals surface area contributed by atoms with Gasteiger partial charge in [-0.15, -0.1) is 0 Å². The van der Waals surface area contributed by atoms with E-state index in [1.165, 1.54) is 11.1 Å². The molecule has 0 unspecified atom stereocenters. The minimum atomic E-state index is 0.408. The van der Waals surface area contributed by atoms with Crippen molar-refractivity contribution in [3.05, 3.63) is 21.7 Å². The first-order chi connectivity index (χ1) is 10.7. The minimum absolute atomic E-state index is 0.408. The third-order valence-electron chi connectivity index (χ3n) is 4.30. The first-order valence-corrected chi connectivity index (χ1v) is 9.00. The van der Waals surface area contributed by atoms with Crippen LogP contribution in [0, 0.1) is 0 Å². The summed E-state index contributed by atoms with van der Waals surface area (Å²) < 4.78 is 13.1. The Morgan fingerprint density at radius 2 is 1.95 bits per heavy atom. The van der Waals surface area contributed by atoms with Gasteiger partial charge in [0.2, 0.25) is 0 Å². The highest BCUT2D eigenvalue weighted by Crippen LogP contribution is 2.43. The van der Waals surface area contributed by atoms with E-state index in [1.54, 1.807) is 0 Å². The second kappa shape index (κ2) is 7.20. The first-order valence-electron chi connectivity index (χ1n) is 8.20. The van der Waals surface area contributed by atoms with Crippen molar-refractivity contribution in [3.8, 4) is 11.5 Å². The number of hydrogen-bond donors (Lipinski definition) is 1. The number of fused-ring (bicyclic) bond motifs is 1. The fourth-order valence-corrected chi connectivity index (χ4v) is 3.75. The van der Waals surface area contributed by atoms with Crippen molar-refractivity contribution >= 4 is 15.9 Å². The van der Waals surface area contributed by atoms with E-state index >= 15 is 0 Å². The molecule has 1 aromatic rings. The molecule has 2 aliphatic heterocycles. The lowest BCUT2D eigenvalue weighted by molar-refractivity contribution is 0.231. The van der Waals surface area contributed by atoms with E-state index < -0.39 is 0 Å². The summed E-state index contributed by atoms with van der Waals surface area (Å²) in [5.74, 6) is 2.25. The van der Waals surface area contributed by atoms with Crippen molar-refractivity contribution in [3.63, 3.8) is 0 Å². The Labute approximate surface area is 141 Å². The number of halogens is 1. The molecule has 0 spiro atoms. The zero-order chi connectivity index (χ0) is 15.5. The first kappa shape index (κ1) is 16.1. The topological polar surface area (TPSA) is 33.7 Å². The summed E-state index contributed by atoms with van der Waals surface area (Å²) in [6.45, 7) is 11.2. The molecule has 1 saturated heterocycles. The number of benzene rings is 1. The lowest BCUT2D eigenvalue weighted by Gasteiger charge is -2.30. The molecule has 5 heteroatoms. The summed E-state index contributed by atoms with van der Waals surface area (Å²) >= 11 is 3.77. The molecule has 1 aromatic carbocycles. The van der Waals surface area contributed by atoms with E-state index in [9.17, 15) is 0 Å². The second-order valence-electron chi connectivity index (χ2n) is 6.31. The highest BCUT2D eigenvalue weighted by atomic mass is 79.9. The van der Waals surface area contributed by atoms with Gasteiger partial charge in [-0.3, -0.25) is 4.90 Å². The van der Waals surface area contributed by atoms with Crippen molar-refractivity contribution in [2.45, 2.75) is 32.7 Å². The summed E-state index contributed by atoms with van der Waals surface area (Å²) in [6, 6.07) is 2.09. The van der Waals surface area contributed by atoms with E-state index in [0.29, 0.717) is 5.92 Å². The van der Waals surface area contributed by atoms with Gasteiger partial charge in [0.15, 0.2) is 11.5 Å². The van der Waals surface area contributed by atoms with Gasteiger partial charge in [-0.2, -0.15) is 0 Å². The monoisotopic (exact) mass is 368 g/mol. The van der Waals surface area contributed by atoms with Crippen LogP contribution in [0.25, 0.3) is 0 Å². The molecular weight excluding hydrogens is 344 g/mol. The molecule has 2 heterocycles. The lowest BCUT2D eigenvalue weighted by atomic mass is 9.95. The van der Waals surface area contributed by atoms with Crippen LogP contribution in [0.4, 0.5) is 0 Å². The van der Waals surface area contributed by atoms with E-state index in [4.69, 9.17) is 9.47 Å². The van der Waals surface area contributed by atoms with Crippen molar-refractivity contribution in [2.24, 2.45) is 0 Å². The Balaban J connectivity index is 1.98. The van der Waals surface area contributed by atoms with Crippen LogP contribution in [0.3, 0.4) is 0 Å². The van der Waals surface area contributed by atoms with Gasteiger partial charge < -0.3 is 14.8 Å². The molecular formula is C17H25BrN2O2. The molecule has 122 valence electrons. The standard InChI is InChI=1S/C17H25BrN2O2/c1-12(2)16-13(11-20-6-4-19-5-7-20)14(18)10-15-17(16)22-9-3-8-21-15/h10,12,19H,3-9,11H2,1-2H3. The maximum atomic E-state index is 6.05. The molecule has 0 atom stereocenters. The molecule has 0 bridgehead atoms. The summed E-state index contributed by atoms with van der Waals surface area (Å²) in [6.07, 6.45) is 0.941. The Bertz CT molecular complexity index is 528. The number of nitrogens with one attached hydrogen (secondary N) is 1. The van der Waals surface area contributed by atoms with Crippen LogP contribution in [-0.2, 0) is 6.54 Å². The van der Waals surface area contributed by atoms with Crippen LogP contribution in [0.15, 0.2) is 10.5 Å². The van der Waals surface area contributed by atoms with Crippen molar-refractivity contribution in [2.75, 3.05) is 39.4 Å². The fourth-order valence-electron chi connectivity index (χ4n) is 3.20. The number of rotatable bonds is 3. The van der Waals surface area contributed by atoms with E-state index in [0.717, 1.165) is 68.3 Å². The van der Waals surface area contributed by atoms with Crippen LogP contribution in [0.5, 0.6) is 11.5 Å². The molecule has 1 fully saturated rings. The number of piperazine rings is 1. The molecule has 0 saturated carbocycles. The molecule has 1 N–H and O–H groups in total. The van der Waals surface area contributed by atoms with Gasteiger partial charge in [0, 0.05) is 49.2 Å². The molecule has 3 rings (SSSR count). The van der Waals surface area contributed by atoms with Gasteiger partial charge >= 0.3 is 0 Å². The highest BCUT2D eigenvalue weighted by Gasteiger charge is 2.24. The summed E-state index contributed by atoms with van der Waals surface area (Å²) in [5.41, 5.74) is 2.64. The molecule has 22 heavy (non-hydrogen) atoms. The van der Waals surface area contributed by atoms with E-state index in [1.807, 2.05) is 0 Å². The zero-order valence-electron chi connectivity index (χ0n) is 13.5. The zero-order valence-corrected chi connectivity index (χ0v) is 15.0. The fraction of sp³-hybridized carbons (Fsp3) is 0.647. The smallest absolute Gasteiger partial charge is 0.165 e. The van der Waals surface area contributed by atoms with Gasteiger partial charge in [-0.25, -0.2) is 0 Å². The molecule has 0 aliphatic carbocycles. The number of nitrogens with zero attached hydrogens (tertiary/aromatic N) is 1. The second-order valence-corrected chi connectivity index (χ2v) is 7.16. The predicted octanol–water partition coefficient (Wildman–Crippen LogP) is 3.14. The average molecular weight is 369 g/mol. The molecule has 0 amide bonds. The number of ether oxygens (including phenoxy) is 2. The van der Waals surface area contributed by atoms with Gasteiger partial charge in [0.25, 0.3) is 0 Å². The normalized spacial score (nSPS) is 19.3. The summed E-state index contributed by atoms with van der Waals surface area (Å²) in [5, 5.41) is 3.41. The maximum absolute atomic E-state index is 6.05. The molecule has 4 nitrogen and oxygen atoms in total. The van der Waals surface area contributed by atoms with Crippen molar-refractivity contribution < 1.29 is 9.47 Å². The maximum Gasteiger partial charge on any atom is 0.165 e. The van der Waals surface area contributed by atoms with Gasteiger partial charge in [0.1, 0.15) is 0 Å². The Kier molecular flexibility index (Phi) is 5.26. The number of hydrogen-bond acceptors (Lipinski definition) is 4. The van der Waals surface area contributed by atoms with Crippen molar-refractivity contribution in [1.29, 1.82) is 0 Å². The van der Waals surface area contributed by atoms with Crippen molar-refractivity contribution in [1.82, 2.24) is 10.2 Å².